The molecule has 1 aromatic rings. The van der Waals surface area contributed by atoms with Crippen molar-refractivity contribution in [3.05, 3.63) is 29.3 Å². The molecule has 0 saturated heterocycles. The quantitative estimate of drug-likeness (QED) is 0.777. The molecule has 1 heterocycles. The van der Waals surface area contributed by atoms with Crippen molar-refractivity contribution >= 4 is 11.6 Å². The Morgan fingerprint density at radius 2 is 1.95 bits per heavy atom. The zero-order valence-electron chi connectivity index (χ0n) is 12.1. The minimum absolute atomic E-state index is 0.0571. The van der Waals surface area contributed by atoms with Gasteiger partial charge in [-0.15, -0.1) is 0 Å². The zero-order valence-corrected chi connectivity index (χ0v) is 12.1. The molecule has 4 heteroatoms. The number of hydrogen-bond acceptors (Lipinski definition) is 3. The molecule has 0 saturated carbocycles. The molecule has 2 rings (SSSR count). The number of amides is 1. The van der Waals surface area contributed by atoms with Gasteiger partial charge in [-0.2, -0.15) is 5.26 Å². The van der Waals surface area contributed by atoms with Crippen molar-refractivity contribution in [3.8, 4) is 6.07 Å². The highest BCUT2D eigenvalue weighted by Crippen LogP contribution is 2.41. The van der Waals surface area contributed by atoms with E-state index in [4.69, 9.17) is 0 Å². The van der Waals surface area contributed by atoms with Crippen LogP contribution in [0.25, 0.3) is 0 Å². The lowest BCUT2D eigenvalue weighted by Crippen LogP contribution is -2.43. The van der Waals surface area contributed by atoms with Gasteiger partial charge in [0.05, 0.1) is 11.6 Å². The maximum Gasteiger partial charge on any atom is 0.258 e. The molecule has 0 spiro atoms. The fourth-order valence-electron chi connectivity index (χ4n) is 2.59. The van der Waals surface area contributed by atoms with Crippen LogP contribution in [-0.2, 0) is 0 Å². The molecule has 0 fully saturated rings. The first-order chi connectivity index (χ1) is 8.79. The van der Waals surface area contributed by atoms with Gasteiger partial charge in [-0.1, -0.05) is 12.1 Å². The van der Waals surface area contributed by atoms with Gasteiger partial charge in [-0.3, -0.25) is 4.79 Å². The highest BCUT2D eigenvalue weighted by molar-refractivity contribution is 6.05. The largest absolute Gasteiger partial charge is 0.377 e. The lowest BCUT2D eigenvalue weighted by molar-refractivity contribution is 0.0568. The molecule has 0 aromatic heterocycles. The van der Waals surface area contributed by atoms with Crippen molar-refractivity contribution in [1.29, 1.82) is 5.26 Å². The number of rotatable bonds is 1. The third kappa shape index (κ3) is 1.95. The average molecular weight is 257 g/mol. The summed E-state index contributed by atoms with van der Waals surface area (Å²) >= 11 is 0. The van der Waals surface area contributed by atoms with Gasteiger partial charge < -0.3 is 9.80 Å². The number of benzene rings is 1. The summed E-state index contributed by atoms with van der Waals surface area (Å²) in [7, 11) is 3.81. The first-order valence-corrected chi connectivity index (χ1v) is 6.32. The van der Waals surface area contributed by atoms with E-state index in [-0.39, 0.29) is 11.4 Å². The Hall–Kier alpha value is -2.02. The van der Waals surface area contributed by atoms with E-state index in [9.17, 15) is 10.1 Å². The van der Waals surface area contributed by atoms with Crippen LogP contribution in [0.3, 0.4) is 0 Å². The first kappa shape index (κ1) is 13.4. The highest BCUT2D eigenvalue weighted by Gasteiger charge is 2.44. The topological polar surface area (TPSA) is 47.3 Å². The van der Waals surface area contributed by atoms with Crippen LogP contribution in [0.4, 0.5) is 5.69 Å². The van der Waals surface area contributed by atoms with Crippen LogP contribution >= 0.6 is 0 Å². The van der Waals surface area contributed by atoms with E-state index in [0.717, 1.165) is 11.3 Å². The molecule has 0 N–H and O–H groups in total. The van der Waals surface area contributed by atoms with Crippen molar-refractivity contribution in [2.45, 2.75) is 32.4 Å². The molecule has 4 nitrogen and oxygen atoms in total. The summed E-state index contributed by atoms with van der Waals surface area (Å²) in [5, 5.41) is 9.44. The predicted octanol–water partition coefficient (Wildman–Crippen LogP) is 2.57. The second-order valence-corrected chi connectivity index (χ2v) is 6.01. The predicted molar refractivity (Wildman–Crippen MR) is 75.0 cm³/mol. The molecule has 1 amide bonds. The molecule has 1 aliphatic heterocycles. The van der Waals surface area contributed by atoms with Crippen LogP contribution in [0.15, 0.2) is 18.2 Å². The summed E-state index contributed by atoms with van der Waals surface area (Å²) in [6, 6.07) is 7.45. The van der Waals surface area contributed by atoms with Gasteiger partial charge in [0.2, 0.25) is 0 Å². The molecule has 1 atom stereocenters. The molecule has 19 heavy (non-hydrogen) atoms. The molecule has 1 aromatic carbocycles. The maximum absolute atomic E-state index is 12.7. The van der Waals surface area contributed by atoms with Crippen LogP contribution < -0.4 is 4.90 Å². The third-order valence-corrected chi connectivity index (χ3v) is 3.39. The average Bonchev–Trinajstić information content (AvgIpc) is 2.61. The second-order valence-electron chi connectivity index (χ2n) is 6.01. The molecular weight excluding hydrogens is 238 g/mol. The summed E-state index contributed by atoms with van der Waals surface area (Å²) < 4.78 is 0. The van der Waals surface area contributed by atoms with E-state index in [1.807, 2.05) is 58.0 Å². The fraction of sp³-hybridized carbons (Fsp3) is 0.467. The lowest BCUT2D eigenvalue weighted by Gasteiger charge is -2.34. The van der Waals surface area contributed by atoms with Crippen molar-refractivity contribution < 1.29 is 4.79 Å². The van der Waals surface area contributed by atoms with Crippen molar-refractivity contribution in [1.82, 2.24) is 4.90 Å². The smallest absolute Gasteiger partial charge is 0.258 e. The number of carbonyl (C=O) groups is 1. The second kappa shape index (κ2) is 4.27. The minimum Gasteiger partial charge on any atom is -0.377 e. The van der Waals surface area contributed by atoms with E-state index < -0.39 is 6.04 Å². The monoisotopic (exact) mass is 257 g/mol. The molecule has 0 radical (unpaired) electrons. The lowest BCUT2D eigenvalue weighted by atomic mass is 10.0. The van der Waals surface area contributed by atoms with Crippen LogP contribution in [0.5, 0.6) is 0 Å². The maximum atomic E-state index is 12.7. The molecule has 0 aliphatic carbocycles. The Balaban J connectivity index is 2.66. The molecule has 0 bridgehead atoms. The van der Waals surface area contributed by atoms with Gasteiger partial charge in [-0.25, -0.2) is 0 Å². The van der Waals surface area contributed by atoms with Crippen LogP contribution in [0.2, 0.25) is 0 Å². The van der Waals surface area contributed by atoms with Gasteiger partial charge in [0.15, 0.2) is 0 Å². The van der Waals surface area contributed by atoms with E-state index >= 15 is 0 Å². The number of nitriles is 1. The Morgan fingerprint density at radius 3 is 2.42 bits per heavy atom. The number of carbonyl (C=O) groups excluding carboxylic acids is 1. The molecular formula is C15H19N3O. The van der Waals surface area contributed by atoms with E-state index in [0.29, 0.717) is 5.56 Å². The van der Waals surface area contributed by atoms with E-state index in [2.05, 4.69) is 6.07 Å². The van der Waals surface area contributed by atoms with Gasteiger partial charge in [0.25, 0.3) is 5.91 Å². The number of nitrogens with zero attached hydrogens (tertiary/aromatic N) is 3. The number of hydrogen-bond donors (Lipinski definition) is 0. The van der Waals surface area contributed by atoms with Crippen LogP contribution in [0.1, 0.15) is 42.7 Å². The molecule has 100 valence electrons. The third-order valence-electron chi connectivity index (χ3n) is 3.39. The fourth-order valence-corrected chi connectivity index (χ4v) is 2.59. The van der Waals surface area contributed by atoms with Gasteiger partial charge in [0.1, 0.15) is 6.04 Å². The van der Waals surface area contributed by atoms with Gasteiger partial charge >= 0.3 is 0 Å². The first-order valence-electron chi connectivity index (χ1n) is 6.32. The summed E-state index contributed by atoms with van der Waals surface area (Å²) in [6.07, 6.45) is 0. The highest BCUT2D eigenvalue weighted by atomic mass is 16.2. The van der Waals surface area contributed by atoms with Crippen molar-refractivity contribution in [2.75, 3.05) is 19.0 Å². The normalized spacial score (nSPS) is 18.2. The van der Waals surface area contributed by atoms with Gasteiger partial charge in [0, 0.05) is 30.9 Å². The number of fused-ring (bicyclic) bond motifs is 1. The van der Waals surface area contributed by atoms with E-state index in [1.54, 1.807) is 4.90 Å². The minimum atomic E-state index is -0.498. The van der Waals surface area contributed by atoms with Crippen molar-refractivity contribution in [2.24, 2.45) is 0 Å². The van der Waals surface area contributed by atoms with Gasteiger partial charge in [-0.05, 0) is 26.8 Å². The Bertz CT molecular complexity index is 564. The van der Waals surface area contributed by atoms with Crippen molar-refractivity contribution in [3.63, 3.8) is 0 Å². The van der Waals surface area contributed by atoms with Crippen LogP contribution in [0, 0.1) is 11.3 Å². The Kier molecular flexibility index (Phi) is 3.01. The Labute approximate surface area is 114 Å². The summed E-state index contributed by atoms with van der Waals surface area (Å²) in [6.45, 7) is 5.86. The summed E-state index contributed by atoms with van der Waals surface area (Å²) in [5.41, 5.74) is 1.97. The SMILES string of the molecule is CN(C)c1cccc2c1C(=O)N(C(C)(C)C)C2C#N. The molecule has 1 unspecified atom stereocenters. The van der Waals surface area contributed by atoms with E-state index in [1.165, 1.54) is 0 Å². The standard InChI is InChI=1S/C15H19N3O/c1-15(2,3)18-12(9-16)10-7-6-8-11(17(4)5)13(10)14(18)19/h6-8,12H,1-5H3. The molecule has 1 aliphatic rings. The van der Waals surface area contributed by atoms with Crippen LogP contribution in [-0.4, -0.2) is 30.4 Å². The Morgan fingerprint density at radius 1 is 1.32 bits per heavy atom. The summed E-state index contributed by atoms with van der Waals surface area (Å²) in [4.78, 5) is 16.3. The number of anilines is 1. The zero-order chi connectivity index (χ0) is 14.4. The summed E-state index contributed by atoms with van der Waals surface area (Å²) in [5.74, 6) is -0.0571.